The minimum atomic E-state index is 0.123. The molecule has 4 heteroatoms. The fraction of sp³-hybridized carbons (Fsp3) is 0.650. The molecule has 0 bridgehead atoms. The van der Waals surface area contributed by atoms with E-state index in [1.54, 1.807) is 0 Å². The van der Waals surface area contributed by atoms with Crippen molar-refractivity contribution in [2.45, 2.75) is 58.4 Å². The van der Waals surface area contributed by atoms with E-state index in [4.69, 9.17) is 0 Å². The molecule has 0 radical (unpaired) electrons. The summed E-state index contributed by atoms with van der Waals surface area (Å²) in [6.45, 7) is 12.5. The van der Waals surface area contributed by atoms with Gasteiger partial charge in [0.1, 0.15) is 0 Å². The van der Waals surface area contributed by atoms with E-state index in [2.05, 4.69) is 56.1 Å². The maximum atomic E-state index is 12.2. The standard InChI is InChI=1S/C20H31N3O/c1-14(2)17-6-5-7-18(15(3)4)19(17)22-10-12-23(13-11-22)20(24)21-16-8-9-16/h5-7,14-16H,8-13H2,1-4H3,(H,21,24). The van der Waals surface area contributed by atoms with Crippen LogP contribution in [0.1, 0.15) is 63.5 Å². The first-order valence-corrected chi connectivity index (χ1v) is 9.40. The second kappa shape index (κ2) is 7.04. The molecular formula is C20H31N3O. The lowest BCUT2D eigenvalue weighted by molar-refractivity contribution is 0.194. The zero-order chi connectivity index (χ0) is 17.3. The zero-order valence-corrected chi connectivity index (χ0v) is 15.5. The molecule has 1 saturated carbocycles. The van der Waals surface area contributed by atoms with Gasteiger partial charge in [0.25, 0.3) is 0 Å². The Kier molecular flexibility index (Phi) is 5.02. The molecule has 2 fully saturated rings. The van der Waals surface area contributed by atoms with Gasteiger partial charge in [0, 0.05) is 37.9 Å². The highest BCUT2D eigenvalue weighted by Gasteiger charge is 2.29. The summed E-state index contributed by atoms with van der Waals surface area (Å²) in [5.41, 5.74) is 4.26. The smallest absolute Gasteiger partial charge is 0.317 e. The Morgan fingerprint density at radius 1 is 1.00 bits per heavy atom. The van der Waals surface area contributed by atoms with Gasteiger partial charge < -0.3 is 15.1 Å². The largest absolute Gasteiger partial charge is 0.368 e. The molecule has 1 aromatic carbocycles. The van der Waals surface area contributed by atoms with Gasteiger partial charge in [-0.2, -0.15) is 0 Å². The van der Waals surface area contributed by atoms with E-state index in [-0.39, 0.29) is 6.03 Å². The van der Waals surface area contributed by atoms with E-state index in [0.29, 0.717) is 17.9 Å². The summed E-state index contributed by atoms with van der Waals surface area (Å²) in [6.07, 6.45) is 2.29. The molecule has 0 atom stereocenters. The molecule has 132 valence electrons. The van der Waals surface area contributed by atoms with Crippen LogP contribution in [-0.4, -0.2) is 43.2 Å². The summed E-state index contributed by atoms with van der Waals surface area (Å²) in [4.78, 5) is 16.7. The summed E-state index contributed by atoms with van der Waals surface area (Å²) in [6, 6.07) is 7.27. The van der Waals surface area contributed by atoms with Crippen LogP contribution in [0, 0.1) is 0 Å². The lowest BCUT2D eigenvalue weighted by Crippen LogP contribution is -2.52. The van der Waals surface area contributed by atoms with Crippen molar-refractivity contribution in [3.8, 4) is 0 Å². The molecule has 2 amide bonds. The molecule has 2 aliphatic rings. The summed E-state index contributed by atoms with van der Waals surface area (Å²) < 4.78 is 0. The number of piperazine rings is 1. The van der Waals surface area contributed by atoms with E-state index in [9.17, 15) is 4.79 Å². The average Bonchev–Trinajstić information content (AvgIpc) is 3.38. The first kappa shape index (κ1) is 17.1. The summed E-state index contributed by atoms with van der Waals surface area (Å²) >= 11 is 0. The third kappa shape index (κ3) is 3.68. The maximum Gasteiger partial charge on any atom is 0.317 e. The van der Waals surface area contributed by atoms with E-state index in [0.717, 1.165) is 39.0 Å². The van der Waals surface area contributed by atoms with Crippen LogP contribution in [0.25, 0.3) is 0 Å². The third-order valence-electron chi connectivity index (χ3n) is 5.13. The van der Waals surface area contributed by atoms with E-state index < -0.39 is 0 Å². The SMILES string of the molecule is CC(C)c1cccc(C(C)C)c1N1CCN(C(=O)NC2CC2)CC1. The maximum absolute atomic E-state index is 12.2. The van der Waals surface area contributed by atoms with Crippen molar-refractivity contribution in [3.05, 3.63) is 29.3 Å². The van der Waals surface area contributed by atoms with Crippen LogP contribution < -0.4 is 10.2 Å². The predicted molar refractivity (Wildman–Crippen MR) is 100.0 cm³/mol. The van der Waals surface area contributed by atoms with Gasteiger partial charge in [-0.05, 0) is 35.8 Å². The molecule has 0 aromatic heterocycles. The van der Waals surface area contributed by atoms with Crippen molar-refractivity contribution < 1.29 is 4.79 Å². The van der Waals surface area contributed by atoms with Crippen LogP contribution in [0.3, 0.4) is 0 Å². The monoisotopic (exact) mass is 329 g/mol. The number of carbonyl (C=O) groups excluding carboxylic acids is 1. The zero-order valence-electron chi connectivity index (χ0n) is 15.5. The van der Waals surface area contributed by atoms with Gasteiger partial charge in [0.05, 0.1) is 0 Å². The lowest BCUT2D eigenvalue weighted by atomic mass is 9.91. The van der Waals surface area contributed by atoms with Crippen molar-refractivity contribution in [2.24, 2.45) is 0 Å². The molecular weight excluding hydrogens is 298 g/mol. The molecule has 1 aromatic rings. The molecule has 1 heterocycles. The number of rotatable bonds is 4. The number of hydrogen-bond donors (Lipinski definition) is 1. The summed E-state index contributed by atoms with van der Waals surface area (Å²) in [5.74, 6) is 1.02. The van der Waals surface area contributed by atoms with E-state index >= 15 is 0 Å². The topological polar surface area (TPSA) is 35.6 Å². The molecule has 0 unspecified atom stereocenters. The molecule has 4 nitrogen and oxygen atoms in total. The third-order valence-corrected chi connectivity index (χ3v) is 5.13. The molecule has 0 spiro atoms. The average molecular weight is 329 g/mol. The van der Waals surface area contributed by atoms with Crippen molar-refractivity contribution in [1.29, 1.82) is 0 Å². The molecule has 1 aliphatic heterocycles. The predicted octanol–water partition coefficient (Wildman–Crippen LogP) is 3.93. The Labute approximate surface area is 146 Å². The quantitative estimate of drug-likeness (QED) is 0.908. The van der Waals surface area contributed by atoms with Crippen molar-refractivity contribution in [1.82, 2.24) is 10.2 Å². The van der Waals surface area contributed by atoms with Crippen LogP contribution in [0.2, 0.25) is 0 Å². The van der Waals surface area contributed by atoms with Gasteiger partial charge in [-0.25, -0.2) is 4.79 Å². The molecule has 24 heavy (non-hydrogen) atoms. The van der Waals surface area contributed by atoms with E-state index in [1.807, 2.05) is 4.90 Å². The van der Waals surface area contributed by atoms with Crippen molar-refractivity contribution in [3.63, 3.8) is 0 Å². The summed E-state index contributed by atoms with van der Waals surface area (Å²) in [7, 11) is 0. The van der Waals surface area contributed by atoms with E-state index in [1.165, 1.54) is 16.8 Å². The van der Waals surface area contributed by atoms with Gasteiger partial charge in [0.15, 0.2) is 0 Å². The number of para-hydroxylation sites is 1. The van der Waals surface area contributed by atoms with Crippen LogP contribution in [0.5, 0.6) is 0 Å². The molecule has 1 aliphatic carbocycles. The van der Waals surface area contributed by atoms with Gasteiger partial charge in [-0.1, -0.05) is 45.9 Å². The van der Waals surface area contributed by atoms with Crippen LogP contribution in [0.15, 0.2) is 18.2 Å². The Bertz CT molecular complexity index is 558. The number of hydrogen-bond acceptors (Lipinski definition) is 2. The van der Waals surface area contributed by atoms with Crippen LogP contribution in [-0.2, 0) is 0 Å². The lowest BCUT2D eigenvalue weighted by Gasteiger charge is -2.39. The molecule has 1 saturated heterocycles. The second-order valence-electron chi connectivity index (χ2n) is 7.79. The van der Waals surface area contributed by atoms with Crippen LogP contribution in [0.4, 0.5) is 10.5 Å². The Hall–Kier alpha value is -1.71. The number of anilines is 1. The Balaban J connectivity index is 1.74. The Morgan fingerprint density at radius 2 is 1.54 bits per heavy atom. The number of nitrogens with one attached hydrogen (secondary N) is 1. The first-order valence-electron chi connectivity index (χ1n) is 9.40. The normalized spacial score (nSPS) is 18.4. The first-order chi connectivity index (χ1) is 11.5. The fourth-order valence-corrected chi connectivity index (χ4v) is 3.50. The highest BCUT2D eigenvalue weighted by molar-refractivity contribution is 5.75. The van der Waals surface area contributed by atoms with Crippen molar-refractivity contribution in [2.75, 3.05) is 31.1 Å². The van der Waals surface area contributed by atoms with Gasteiger partial charge >= 0.3 is 6.03 Å². The molecule has 1 N–H and O–H groups in total. The summed E-state index contributed by atoms with van der Waals surface area (Å²) in [5, 5.41) is 3.11. The van der Waals surface area contributed by atoms with Gasteiger partial charge in [-0.3, -0.25) is 0 Å². The highest BCUT2D eigenvalue weighted by Crippen LogP contribution is 2.35. The number of amides is 2. The second-order valence-corrected chi connectivity index (χ2v) is 7.79. The minimum absolute atomic E-state index is 0.123. The molecule has 3 rings (SSSR count). The van der Waals surface area contributed by atoms with Crippen molar-refractivity contribution >= 4 is 11.7 Å². The highest BCUT2D eigenvalue weighted by atomic mass is 16.2. The Morgan fingerprint density at radius 3 is 2.00 bits per heavy atom. The number of nitrogens with zero attached hydrogens (tertiary/aromatic N) is 2. The van der Waals surface area contributed by atoms with Gasteiger partial charge in [-0.15, -0.1) is 0 Å². The number of benzene rings is 1. The minimum Gasteiger partial charge on any atom is -0.368 e. The fourth-order valence-electron chi connectivity index (χ4n) is 3.50. The van der Waals surface area contributed by atoms with Crippen LogP contribution >= 0.6 is 0 Å². The number of urea groups is 1. The van der Waals surface area contributed by atoms with Gasteiger partial charge in [0.2, 0.25) is 0 Å². The number of carbonyl (C=O) groups is 1.